The second-order valence-corrected chi connectivity index (χ2v) is 6.09. The average molecular weight is 301 g/mol. The third-order valence-electron chi connectivity index (χ3n) is 3.95. The van der Waals surface area contributed by atoms with E-state index in [0.717, 1.165) is 24.4 Å². The van der Waals surface area contributed by atoms with Crippen LogP contribution < -0.4 is 10.2 Å². The smallest absolute Gasteiger partial charge is 0.222 e. The summed E-state index contributed by atoms with van der Waals surface area (Å²) in [6.45, 7) is 2.94. The van der Waals surface area contributed by atoms with E-state index < -0.39 is 0 Å². The Labute approximate surface area is 128 Å². The van der Waals surface area contributed by atoms with E-state index in [1.54, 1.807) is 18.4 Å². The maximum atomic E-state index is 11.9. The molecule has 0 bridgehead atoms. The van der Waals surface area contributed by atoms with Crippen LogP contribution in [-0.2, 0) is 11.2 Å². The molecule has 0 saturated heterocycles. The van der Waals surface area contributed by atoms with Gasteiger partial charge in [-0.05, 0) is 41.4 Å². The Balaban J connectivity index is 1.93. The van der Waals surface area contributed by atoms with Gasteiger partial charge < -0.3 is 10.2 Å². The number of aromatic nitrogens is 1. The molecule has 0 fully saturated rings. The van der Waals surface area contributed by atoms with Crippen molar-refractivity contribution in [3.63, 3.8) is 0 Å². The van der Waals surface area contributed by atoms with Crippen molar-refractivity contribution in [2.45, 2.75) is 25.8 Å². The van der Waals surface area contributed by atoms with Crippen LogP contribution in [0.15, 0.2) is 29.0 Å². The number of hydrogen-bond acceptors (Lipinski definition) is 4. The van der Waals surface area contributed by atoms with Gasteiger partial charge in [0.05, 0.1) is 23.8 Å². The van der Waals surface area contributed by atoms with Gasteiger partial charge in [-0.15, -0.1) is 0 Å². The first kappa shape index (κ1) is 14.1. The molecule has 4 nitrogen and oxygen atoms in total. The maximum absolute atomic E-state index is 11.9. The number of hydrogen-bond donors (Lipinski definition) is 1. The number of thiophene rings is 1. The second kappa shape index (κ2) is 5.85. The lowest BCUT2D eigenvalue weighted by Crippen LogP contribution is -2.31. The molecule has 0 radical (unpaired) electrons. The number of aryl methyl sites for hydroxylation is 1. The first-order valence-corrected chi connectivity index (χ1v) is 8.09. The largest absolute Gasteiger partial charge is 0.362 e. The molecule has 21 heavy (non-hydrogen) atoms. The Kier molecular flexibility index (Phi) is 3.92. The SMILES string of the molecule is CNC(=O)C[C@@H](c1ccsc1)N1CCc2nc(C)ccc21. The molecule has 2 aromatic rings. The highest BCUT2D eigenvalue weighted by molar-refractivity contribution is 7.08. The van der Waals surface area contributed by atoms with Gasteiger partial charge >= 0.3 is 0 Å². The molecule has 1 aliphatic heterocycles. The Morgan fingerprint density at radius 2 is 2.33 bits per heavy atom. The topological polar surface area (TPSA) is 45.2 Å². The van der Waals surface area contributed by atoms with Crippen LogP contribution >= 0.6 is 11.3 Å². The van der Waals surface area contributed by atoms with Crippen molar-refractivity contribution in [1.82, 2.24) is 10.3 Å². The summed E-state index contributed by atoms with van der Waals surface area (Å²) in [4.78, 5) is 18.8. The number of rotatable bonds is 4. The molecule has 1 aliphatic rings. The average Bonchev–Trinajstić information content (AvgIpc) is 3.13. The summed E-state index contributed by atoms with van der Waals surface area (Å²) in [5.74, 6) is 0.0692. The molecule has 110 valence electrons. The summed E-state index contributed by atoms with van der Waals surface area (Å²) in [5, 5.41) is 6.93. The number of carbonyl (C=O) groups is 1. The van der Waals surface area contributed by atoms with Gasteiger partial charge in [0.2, 0.25) is 5.91 Å². The van der Waals surface area contributed by atoms with Gasteiger partial charge in [-0.25, -0.2) is 0 Å². The van der Waals surface area contributed by atoms with Gasteiger partial charge in [0.15, 0.2) is 0 Å². The van der Waals surface area contributed by atoms with E-state index in [9.17, 15) is 4.79 Å². The third-order valence-corrected chi connectivity index (χ3v) is 4.65. The Morgan fingerprint density at radius 1 is 1.48 bits per heavy atom. The van der Waals surface area contributed by atoms with Crippen LogP contribution in [-0.4, -0.2) is 24.5 Å². The van der Waals surface area contributed by atoms with Crippen LogP contribution in [0.25, 0.3) is 0 Å². The monoisotopic (exact) mass is 301 g/mol. The highest BCUT2D eigenvalue weighted by atomic mass is 32.1. The number of nitrogens with zero attached hydrogens (tertiary/aromatic N) is 2. The predicted molar refractivity (Wildman–Crippen MR) is 85.8 cm³/mol. The standard InChI is InChI=1S/C16H19N3OS/c1-11-3-4-14-13(18-11)5-7-19(14)15(9-16(20)17-2)12-6-8-21-10-12/h3-4,6,8,10,15H,5,7,9H2,1-2H3,(H,17,20)/t15-/m0/s1. The van der Waals surface area contributed by atoms with Gasteiger partial charge in [-0.1, -0.05) is 0 Å². The van der Waals surface area contributed by atoms with Gasteiger partial charge in [-0.3, -0.25) is 9.78 Å². The maximum Gasteiger partial charge on any atom is 0.222 e. The lowest BCUT2D eigenvalue weighted by Gasteiger charge is -2.29. The highest BCUT2D eigenvalue weighted by Crippen LogP contribution is 2.36. The summed E-state index contributed by atoms with van der Waals surface area (Å²) in [6, 6.07) is 6.37. The molecule has 0 saturated carbocycles. The van der Waals surface area contributed by atoms with Crippen LogP contribution in [0.2, 0.25) is 0 Å². The van der Waals surface area contributed by atoms with E-state index in [2.05, 4.69) is 38.1 Å². The summed E-state index contributed by atoms with van der Waals surface area (Å²) in [5.41, 5.74) is 4.57. The van der Waals surface area contributed by atoms with Crippen LogP contribution in [0.1, 0.15) is 29.4 Å². The van der Waals surface area contributed by atoms with Gasteiger partial charge in [-0.2, -0.15) is 11.3 Å². The zero-order chi connectivity index (χ0) is 14.8. The first-order chi connectivity index (χ1) is 10.2. The fraction of sp³-hybridized carbons (Fsp3) is 0.375. The molecule has 1 atom stereocenters. The van der Waals surface area contributed by atoms with Crippen molar-refractivity contribution >= 4 is 22.9 Å². The number of pyridine rings is 1. The molecule has 0 spiro atoms. The van der Waals surface area contributed by atoms with Gasteiger partial charge in [0, 0.05) is 25.7 Å². The summed E-state index contributed by atoms with van der Waals surface area (Å²) in [6.07, 6.45) is 1.42. The number of anilines is 1. The van der Waals surface area contributed by atoms with E-state index in [0.29, 0.717) is 6.42 Å². The molecular weight excluding hydrogens is 282 g/mol. The lowest BCUT2D eigenvalue weighted by atomic mass is 10.0. The molecule has 2 aromatic heterocycles. The zero-order valence-corrected chi connectivity index (χ0v) is 13.1. The normalized spacial score (nSPS) is 14.9. The molecule has 0 unspecified atom stereocenters. The number of fused-ring (bicyclic) bond motifs is 1. The van der Waals surface area contributed by atoms with Crippen molar-refractivity contribution in [2.24, 2.45) is 0 Å². The second-order valence-electron chi connectivity index (χ2n) is 5.31. The Morgan fingerprint density at radius 3 is 3.05 bits per heavy atom. The predicted octanol–water partition coefficient (Wildman–Crippen LogP) is 2.69. The molecule has 3 heterocycles. The van der Waals surface area contributed by atoms with Crippen LogP contribution in [0, 0.1) is 6.92 Å². The Hall–Kier alpha value is -1.88. The van der Waals surface area contributed by atoms with Crippen LogP contribution in [0.3, 0.4) is 0 Å². The molecule has 1 amide bonds. The number of nitrogens with one attached hydrogen (secondary N) is 1. The van der Waals surface area contributed by atoms with Crippen LogP contribution in [0.5, 0.6) is 0 Å². The molecule has 0 aromatic carbocycles. The van der Waals surface area contributed by atoms with Crippen molar-refractivity contribution in [3.05, 3.63) is 45.9 Å². The fourth-order valence-corrected chi connectivity index (χ4v) is 3.58. The van der Waals surface area contributed by atoms with Crippen molar-refractivity contribution in [2.75, 3.05) is 18.5 Å². The quantitative estimate of drug-likeness (QED) is 0.944. The van der Waals surface area contributed by atoms with Crippen molar-refractivity contribution in [3.8, 4) is 0 Å². The van der Waals surface area contributed by atoms with E-state index in [4.69, 9.17) is 0 Å². The third kappa shape index (κ3) is 2.78. The summed E-state index contributed by atoms with van der Waals surface area (Å²) >= 11 is 1.67. The minimum absolute atomic E-state index is 0.0692. The van der Waals surface area contributed by atoms with Crippen LogP contribution in [0.4, 0.5) is 5.69 Å². The number of amides is 1. The lowest BCUT2D eigenvalue weighted by molar-refractivity contribution is -0.121. The minimum Gasteiger partial charge on any atom is -0.362 e. The fourth-order valence-electron chi connectivity index (χ4n) is 2.87. The van der Waals surface area contributed by atoms with Gasteiger partial charge in [0.1, 0.15) is 0 Å². The zero-order valence-electron chi connectivity index (χ0n) is 12.3. The van der Waals surface area contributed by atoms with E-state index in [-0.39, 0.29) is 11.9 Å². The Bertz CT molecular complexity index is 639. The van der Waals surface area contributed by atoms with Gasteiger partial charge in [0.25, 0.3) is 0 Å². The molecule has 3 rings (SSSR count). The number of carbonyl (C=O) groups excluding carboxylic acids is 1. The first-order valence-electron chi connectivity index (χ1n) is 7.15. The van der Waals surface area contributed by atoms with E-state index in [1.807, 2.05) is 13.0 Å². The molecule has 5 heteroatoms. The van der Waals surface area contributed by atoms with E-state index >= 15 is 0 Å². The summed E-state index contributed by atoms with van der Waals surface area (Å²) in [7, 11) is 1.69. The van der Waals surface area contributed by atoms with Crippen molar-refractivity contribution in [1.29, 1.82) is 0 Å². The highest BCUT2D eigenvalue weighted by Gasteiger charge is 2.29. The van der Waals surface area contributed by atoms with E-state index in [1.165, 1.54) is 11.3 Å². The molecule has 1 N–H and O–H groups in total. The molecule has 0 aliphatic carbocycles. The summed E-state index contributed by atoms with van der Waals surface area (Å²) < 4.78 is 0. The minimum atomic E-state index is 0.0692. The van der Waals surface area contributed by atoms with Crippen molar-refractivity contribution < 1.29 is 4.79 Å². The molecular formula is C16H19N3OS.